The molecule has 0 radical (unpaired) electrons. The molecule has 0 atom stereocenters. The minimum atomic E-state index is 0.0492. The molecule has 3 rings (SSSR count). The summed E-state index contributed by atoms with van der Waals surface area (Å²) in [4.78, 5) is 12.1. The van der Waals surface area contributed by atoms with Crippen LogP contribution in [0.25, 0.3) is 5.69 Å². The third-order valence-corrected chi connectivity index (χ3v) is 4.44. The molecule has 1 heterocycles. The first-order valence-corrected chi connectivity index (χ1v) is 7.64. The lowest BCUT2D eigenvalue weighted by molar-refractivity contribution is 0.556. The topological polar surface area (TPSA) is 37.8 Å². The van der Waals surface area contributed by atoms with Crippen molar-refractivity contribution >= 4 is 0 Å². The summed E-state index contributed by atoms with van der Waals surface area (Å²) in [6.07, 6.45) is 7.61. The predicted octanol–water partition coefficient (Wildman–Crippen LogP) is 3.91. The van der Waals surface area contributed by atoms with Gasteiger partial charge in [-0.25, -0.2) is 0 Å². The van der Waals surface area contributed by atoms with Crippen LogP contribution in [0.5, 0.6) is 0 Å². The standard InChI is InChI=1S/C17H22N2O/c1-13-16(14-9-5-2-3-6-10-14)19(18-17(13)20)15-11-7-4-8-12-15/h4,7-8,11-12,14H,2-3,5-6,9-10H2,1H3,(H,18,20). The summed E-state index contributed by atoms with van der Waals surface area (Å²) in [5, 5.41) is 3.01. The van der Waals surface area contributed by atoms with Crippen LogP contribution in [0.2, 0.25) is 0 Å². The van der Waals surface area contributed by atoms with Gasteiger partial charge in [-0.05, 0) is 31.9 Å². The predicted molar refractivity (Wildman–Crippen MR) is 81.6 cm³/mol. The summed E-state index contributed by atoms with van der Waals surface area (Å²) in [5.74, 6) is 0.511. The van der Waals surface area contributed by atoms with Gasteiger partial charge < -0.3 is 0 Å². The lowest BCUT2D eigenvalue weighted by Crippen LogP contribution is -2.08. The largest absolute Gasteiger partial charge is 0.268 e. The highest BCUT2D eigenvalue weighted by Crippen LogP contribution is 2.33. The van der Waals surface area contributed by atoms with Crippen molar-refractivity contribution in [1.82, 2.24) is 9.78 Å². The smallest absolute Gasteiger partial charge is 0.267 e. The fourth-order valence-corrected chi connectivity index (χ4v) is 3.35. The Labute approximate surface area is 119 Å². The number of hydrogen-bond acceptors (Lipinski definition) is 1. The van der Waals surface area contributed by atoms with E-state index < -0.39 is 0 Å². The van der Waals surface area contributed by atoms with Crippen LogP contribution in [0.4, 0.5) is 0 Å². The third kappa shape index (κ3) is 2.45. The van der Waals surface area contributed by atoms with Crippen LogP contribution >= 0.6 is 0 Å². The van der Waals surface area contributed by atoms with Gasteiger partial charge in [0.2, 0.25) is 0 Å². The van der Waals surface area contributed by atoms with Gasteiger partial charge in [-0.1, -0.05) is 43.9 Å². The molecular formula is C17H22N2O. The minimum Gasteiger partial charge on any atom is -0.268 e. The first kappa shape index (κ1) is 13.2. The molecule has 1 fully saturated rings. The van der Waals surface area contributed by atoms with Crippen molar-refractivity contribution in [2.45, 2.75) is 51.4 Å². The molecule has 0 saturated heterocycles. The zero-order valence-corrected chi connectivity index (χ0v) is 12.1. The normalized spacial score (nSPS) is 17.1. The molecular weight excluding hydrogens is 248 g/mol. The second kappa shape index (κ2) is 5.70. The van der Waals surface area contributed by atoms with Gasteiger partial charge >= 0.3 is 0 Å². The van der Waals surface area contributed by atoms with Crippen molar-refractivity contribution < 1.29 is 0 Å². The molecule has 1 aromatic carbocycles. The van der Waals surface area contributed by atoms with E-state index in [0.717, 1.165) is 11.3 Å². The molecule has 0 spiro atoms. The van der Waals surface area contributed by atoms with Crippen molar-refractivity contribution in [2.24, 2.45) is 0 Å². The van der Waals surface area contributed by atoms with Gasteiger partial charge in [0.1, 0.15) is 0 Å². The number of nitrogens with zero attached hydrogens (tertiary/aromatic N) is 1. The lowest BCUT2D eigenvalue weighted by atomic mass is 9.94. The maximum Gasteiger partial charge on any atom is 0.267 e. The van der Waals surface area contributed by atoms with Crippen LogP contribution in [0.3, 0.4) is 0 Å². The first-order chi connectivity index (χ1) is 9.77. The molecule has 2 aromatic rings. The quantitative estimate of drug-likeness (QED) is 0.825. The third-order valence-electron chi connectivity index (χ3n) is 4.44. The van der Waals surface area contributed by atoms with E-state index in [2.05, 4.69) is 17.2 Å². The highest BCUT2D eigenvalue weighted by Gasteiger charge is 2.22. The van der Waals surface area contributed by atoms with E-state index in [-0.39, 0.29) is 5.56 Å². The number of H-pyrrole nitrogens is 1. The number of nitrogens with one attached hydrogen (secondary N) is 1. The van der Waals surface area contributed by atoms with E-state index in [0.29, 0.717) is 5.92 Å². The Kier molecular flexibility index (Phi) is 3.77. The summed E-state index contributed by atoms with van der Waals surface area (Å²) >= 11 is 0. The Morgan fingerprint density at radius 3 is 2.35 bits per heavy atom. The Bertz CT molecular complexity index is 616. The molecule has 3 nitrogen and oxygen atoms in total. The van der Waals surface area contributed by atoms with Crippen LogP contribution in [0, 0.1) is 6.92 Å². The van der Waals surface area contributed by atoms with Crippen LogP contribution in [0.15, 0.2) is 35.1 Å². The van der Waals surface area contributed by atoms with Gasteiger partial charge in [-0.2, -0.15) is 0 Å². The highest BCUT2D eigenvalue weighted by molar-refractivity contribution is 5.36. The van der Waals surface area contributed by atoms with E-state index in [9.17, 15) is 4.79 Å². The molecule has 0 bridgehead atoms. The lowest BCUT2D eigenvalue weighted by Gasteiger charge is -2.18. The summed E-state index contributed by atoms with van der Waals surface area (Å²) in [5.41, 5.74) is 3.19. The zero-order valence-electron chi connectivity index (χ0n) is 12.1. The second-order valence-corrected chi connectivity index (χ2v) is 5.81. The fraction of sp³-hybridized carbons (Fsp3) is 0.471. The Hall–Kier alpha value is -1.77. The van der Waals surface area contributed by atoms with E-state index in [1.165, 1.54) is 44.2 Å². The van der Waals surface area contributed by atoms with E-state index >= 15 is 0 Å². The minimum absolute atomic E-state index is 0.0492. The SMILES string of the molecule is Cc1c(C2CCCCCC2)n(-c2ccccc2)[nH]c1=O. The van der Waals surface area contributed by atoms with Crippen molar-refractivity contribution in [3.63, 3.8) is 0 Å². The number of aromatic amines is 1. The molecule has 3 heteroatoms. The van der Waals surface area contributed by atoms with Crippen LogP contribution in [-0.2, 0) is 0 Å². The van der Waals surface area contributed by atoms with Gasteiger partial charge in [0.05, 0.1) is 11.4 Å². The van der Waals surface area contributed by atoms with Gasteiger partial charge in [0.25, 0.3) is 5.56 Å². The molecule has 0 amide bonds. The van der Waals surface area contributed by atoms with Crippen molar-refractivity contribution in [3.05, 3.63) is 51.9 Å². The molecule has 1 aliphatic carbocycles. The molecule has 106 valence electrons. The molecule has 1 aromatic heterocycles. The summed E-state index contributed by atoms with van der Waals surface area (Å²) < 4.78 is 2.01. The van der Waals surface area contributed by atoms with Crippen LogP contribution in [0.1, 0.15) is 55.7 Å². The van der Waals surface area contributed by atoms with Crippen molar-refractivity contribution in [3.8, 4) is 5.69 Å². The number of hydrogen-bond donors (Lipinski definition) is 1. The van der Waals surface area contributed by atoms with Crippen LogP contribution < -0.4 is 5.56 Å². The van der Waals surface area contributed by atoms with Gasteiger partial charge in [0.15, 0.2) is 0 Å². The number of benzene rings is 1. The molecule has 1 aliphatic rings. The average Bonchev–Trinajstić information content (AvgIpc) is 2.68. The maximum absolute atomic E-state index is 12.1. The van der Waals surface area contributed by atoms with Crippen LogP contribution in [-0.4, -0.2) is 9.78 Å². The molecule has 0 aliphatic heterocycles. The van der Waals surface area contributed by atoms with Crippen molar-refractivity contribution in [2.75, 3.05) is 0 Å². The number of para-hydroxylation sites is 1. The first-order valence-electron chi connectivity index (χ1n) is 7.64. The molecule has 1 saturated carbocycles. The van der Waals surface area contributed by atoms with Crippen molar-refractivity contribution in [1.29, 1.82) is 0 Å². The highest BCUT2D eigenvalue weighted by atomic mass is 16.1. The Balaban J connectivity index is 2.07. The number of rotatable bonds is 2. The summed E-state index contributed by atoms with van der Waals surface area (Å²) in [6, 6.07) is 10.1. The molecule has 0 unspecified atom stereocenters. The monoisotopic (exact) mass is 270 g/mol. The van der Waals surface area contributed by atoms with Gasteiger partial charge in [-0.3, -0.25) is 14.6 Å². The zero-order chi connectivity index (χ0) is 13.9. The fourth-order valence-electron chi connectivity index (χ4n) is 3.35. The van der Waals surface area contributed by atoms with E-state index in [1.54, 1.807) is 0 Å². The molecule has 1 N–H and O–H groups in total. The van der Waals surface area contributed by atoms with Gasteiger partial charge in [0, 0.05) is 11.5 Å². The van der Waals surface area contributed by atoms with E-state index in [1.807, 2.05) is 29.8 Å². The molecule has 20 heavy (non-hydrogen) atoms. The van der Waals surface area contributed by atoms with Gasteiger partial charge in [-0.15, -0.1) is 0 Å². The average molecular weight is 270 g/mol. The van der Waals surface area contributed by atoms with E-state index in [4.69, 9.17) is 0 Å². The summed E-state index contributed by atoms with van der Waals surface area (Å²) in [6.45, 7) is 1.96. The maximum atomic E-state index is 12.1. The second-order valence-electron chi connectivity index (χ2n) is 5.81. The Morgan fingerprint density at radius 2 is 1.70 bits per heavy atom. The number of aromatic nitrogens is 2. The Morgan fingerprint density at radius 1 is 1.05 bits per heavy atom. The summed E-state index contributed by atoms with van der Waals surface area (Å²) in [7, 11) is 0.